The Morgan fingerprint density at radius 3 is 2.73 bits per heavy atom. The van der Waals surface area contributed by atoms with Crippen LogP contribution in [0, 0.1) is 15.9 Å². The molecule has 3 N–H and O–H groups in total. The number of rotatable bonds is 7. The zero-order valence-electron chi connectivity index (χ0n) is 16.6. The normalized spacial score (nSPS) is 11.1. The Hall–Kier alpha value is -5.01. The maximum absolute atomic E-state index is 13.3. The Kier molecular flexibility index (Phi) is 5.79. The summed E-state index contributed by atoms with van der Waals surface area (Å²) in [5.74, 6) is -1.22. The van der Waals surface area contributed by atoms with E-state index in [1.807, 2.05) is 0 Å². The molecule has 4 aromatic rings. The van der Waals surface area contributed by atoms with Crippen molar-refractivity contribution < 1.29 is 18.7 Å². The van der Waals surface area contributed by atoms with E-state index in [1.165, 1.54) is 53.4 Å². The van der Waals surface area contributed by atoms with Crippen LogP contribution in [0.25, 0.3) is 5.82 Å². The Morgan fingerprint density at radius 1 is 1.27 bits per heavy atom. The second kappa shape index (κ2) is 9.01. The van der Waals surface area contributed by atoms with Gasteiger partial charge in [0.2, 0.25) is 11.6 Å². The number of amides is 1. The van der Waals surface area contributed by atoms with Crippen LogP contribution in [0.2, 0.25) is 0 Å². The number of aromatic nitrogens is 5. The molecule has 2 aromatic heterocycles. The van der Waals surface area contributed by atoms with Crippen LogP contribution in [-0.2, 0) is 6.42 Å². The van der Waals surface area contributed by atoms with E-state index in [0.717, 1.165) is 0 Å². The van der Waals surface area contributed by atoms with Crippen molar-refractivity contribution in [1.29, 1.82) is 0 Å². The third kappa shape index (κ3) is 4.68. The largest absolute Gasteiger partial charge is 0.378 e. The van der Waals surface area contributed by atoms with E-state index in [-0.39, 0.29) is 35.1 Å². The van der Waals surface area contributed by atoms with Crippen LogP contribution in [0.1, 0.15) is 27.3 Å². The standard InChI is InChI=1S/C19H14FN9O4/c20-13-3-1-2-12(8-13)10-22-24-19(30)16-15(9-11-4-6-14(7-5-11)29(31)32)28(27-23-16)18-17(21)25-33-26-18/h1-8,10H,9H2,(H2,21,25)(H,24,30)/b22-10-. The minimum absolute atomic E-state index is 0.0155. The number of anilines is 1. The Bertz CT molecular complexity index is 1350. The topological polar surface area (TPSA) is 180 Å². The highest BCUT2D eigenvalue weighted by Crippen LogP contribution is 2.20. The Balaban J connectivity index is 1.63. The van der Waals surface area contributed by atoms with Crippen LogP contribution in [0.3, 0.4) is 0 Å². The van der Waals surface area contributed by atoms with Gasteiger partial charge in [0.1, 0.15) is 5.82 Å². The van der Waals surface area contributed by atoms with Crippen LogP contribution in [0.4, 0.5) is 15.9 Å². The first-order valence-corrected chi connectivity index (χ1v) is 9.27. The highest BCUT2D eigenvalue weighted by Gasteiger charge is 2.24. The summed E-state index contributed by atoms with van der Waals surface area (Å²) in [7, 11) is 0. The predicted octanol–water partition coefficient (Wildman–Crippen LogP) is 1.63. The van der Waals surface area contributed by atoms with Gasteiger partial charge in [-0.25, -0.2) is 14.4 Å². The van der Waals surface area contributed by atoms with E-state index in [1.54, 1.807) is 6.07 Å². The van der Waals surface area contributed by atoms with E-state index in [4.69, 9.17) is 5.73 Å². The number of nitrogens with one attached hydrogen (secondary N) is 1. The molecule has 2 heterocycles. The third-order valence-corrected chi connectivity index (χ3v) is 4.42. The van der Waals surface area contributed by atoms with Crippen molar-refractivity contribution in [2.24, 2.45) is 5.10 Å². The van der Waals surface area contributed by atoms with Gasteiger partial charge in [0.05, 0.1) is 16.8 Å². The van der Waals surface area contributed by atoms with Crippen molar-refractivity contribution in [3.8, 4) is 5.82 Å². The summed E-state index contributed by atoms with van der Waals surface area (Å²) < 4.78 is 19.1. The first-order valence-electron chi connectivity index (χ1n) is 9.27. The van der Waals surface area contributed by atoms with Gasteiger partial charge in [0.15, 0.2) is 5.69 Å². The molecule has 1 amide bonds. The number of non-ortho nitro benzene ring substituents is 1. The summed E-state index contributed by atoms with van der Waals surface area (Å²) in [5.41, 5.74) is 9.17. The van der Waals surface area contributed by atoms with Gasteiger partial charge >= 0.3 is 0 Å². The second-order valence-electron chi connectivity index (χ2n) is 6.62. The molecular formula is C19H14FN9O4. The number of nitrogens with zero attached hydrogens (tertiary/aromatic N) is 7. The molecule has 0 aliphatic rings. The number of carbonyl (C=O) groups excluding carboxylic acids is 1. The lowest BCUT2D eigenvalue weighted by Gasteiger charge is -2.06. The molecule has 0 aliphatic carbocycles. The molecule has 0 atom stereocenters. The molecule has 0 aliphatic heterocycles. The number of nitrogen functional groups attached to an aromatic ring is 1. The number of carbonyl (C=O) groups is 1. The summed E-state index contributed by atoms with van der Waals surface area (Å²) in [6, 6.07) is 11.4. The lowest BCUT2D eigenvalue weighted by molar-refractivity contribution is -0.384. The maximum Gasteiger partial charge on any atom is 0.293 e. The summed E-state index contributed by atoms with van der Waals surface area (Å²) in [6.07, 6.45) is 1.36. The number of hydrogen-bond acceptors (Lipinski definition) is 10. The van der Waals surface area contributed by atoms with Crippen molar-refractivity contribution in [2.45, 2.75) is 6.42 Å². The van der Waals surface area contributed by atoms with Crippen molar-refractivity contribution in [3.63, 3.8) is 0 Å². The number of nitrogens with two attached hydrogens (primary N) is 1. The number of hydrogen-bond donors (Lipinski definition) is 2. The van der Waals surface area contributed by atoms with E-state index in [9.17, 15) is 19.3 Å². The molecule has 2 aromatic carbocycles. The van der Waals surface area contributed by atoms with Crippen LogP contribution in [0.5, 0.6) is 0 Å². The minimum atomic E-state index is -0.708. The first kappa shape index (κ1) is 21.2. The van der Waals surface area contributed by atoms with Gasteiger partial charge < -0.3 is 5.73 Å². The SMILES string of the molecule is Nc1nonc1-n1nnc(C(=O)N/N=C\c2cccc(F)c2)c1Cc1ccc([N+](=O)[O-])cc1. The van der Waals surface area contributed by atoms with Crippen molar-refractivity contribution >= 4 is 23.6 Å². The molecule has 13 nitrogen and oxygen atoms in total. The number of hydrazone groups is 1. The van der Waals surface area contributed by atoms with Crippen molar-refractivity contribution in [2.75, 3.05) is 5.73 Å². The molecule has 0 spiro atoms. The molecular weight excluding hydrogens is 437 g/mol. The van der Waals surface area contributed by atoms with Gasteiger partial charge in [-0.3, -0.25) is 14.9 Å². The van der Waals surface area contributed by atoms with Gasteiger partial charge in [-0.15, -0.1) is 5.10 Å². The number of nitro benzene ring substituents is 1. The quantitative estimate of drug-likeness (QED) is 0.240. The molecule has 0 saturated heterocycles. The molecule has 4 rings (SSSR count). The summed E-state index contributed by atoms with van der Waals surface area (Å²) in [6.45, 7) is 0. The highest BCUT2D eigenvalue weighted by molar-refractivity contribution is 5.94. The molecule has 0 saturated carbocycles. The van der Waals surface area contributed by atoms with Crippen molar-refractivity contribution in [3.05, 3.63) is 87.0 Å². The van der Waals surface area contributed by atoms with Crippen LogP contribution >= 0.6 is 0 Å². The molecule has 0 radical (unpaired) electrons. The van der Waals surface area contributed by atoms with Crippen molar-refractivity contribution in [1.82, 2.24) is 30.7 Å². The fourth-order valence-corrected chi connectivity index (χ4v) is 2.88. The molecule has 33 heavy (non-hydrogen) atoms. The zero-order valence-corrected chi connectivity index (χ0v) is 16.6. The summed E-state index contributed by atoms with van der Waals surface area (Å²) in [4.78, 5) is 23.1. The molecule has 0 unspecified atom stereocenters. The number of benzene rings is 2. The van der Waals surface area contributed by atoms with E-state index < -0.39 is 16.6 Å². The number of halogens is 1. The molecule has 0 bridgehead atoms. The third-order valence-electron chi connectivity index (χ3n) is 4.42. The lowest BCUT2D eigenvalue weighted by atomic mass is 10.1. The molecule has 166 valence electrons. The second-order valence-corrected chi connectivity index (χ2v) is 6.62. The van der Waals surface area contributed by atoms with E-state index in [2.05, 4.69) is 35.8 Å². The van der Waals surface area contributed by atoms with E-state index in [0.29, 0.717) is 11.1 Å². The van der Waals surface area contributed by atoms with Gasteiger partial charge in [0.25, 0.3) is 11.6 Å². The van der Waals surface area contributed by atoms with Crippen LogP contribution in [0.15, 0.2) is 58.3 Å². The average molecular weight is 451 g/mol. The van der Waals surface area contributed by atoms with Gasteiger partial charge in [-0.2, -0.15) is 9.78 Å². The highest BCUT2D eigenvalue weighted by atomic mass is 19.1. The van der Waals surface area contributed by atoms with Gasteiger partial charge in [0, 0.05) is 18.6 Å². The maximum atomic E-state index is 13.3. The van der Waals surface area contributed by atoms with Gasteiger partial charge in [-0.1, -0.05) is 29.5 Å². The summed E-state index contributed by atoms with van der Waals surface area (Å²) >= 11 is 0. The lowest BCUT2D eigenvalue weighted by Crippen LogP contribution is -2.20. The predicted molar refractivity (Wildman–Crippen MR) is 111 cm³/mol. The molecule has 0 fully saturated rings. The smallest absolute Gasteiger partial charge is 0.293 e. The van der Waals surface area contributed by atoms with Gasteiger partial charge in [-0.05, 0) is 33.6 Å². The monoisotopic (exact) mass is 451 g/mol. The van der Waals surface area contributed by atoms with Crippen LogP contribution < -0.4 is 11.2 Å². The van der Waals surface area contributed by atoms with Crippen LogP contribution in [-0.4, -0.2) is 42.4 Å². The Morgan fingerprint density at radius 2 is 2.06 bits per heavy atom. The van der Waals surface area contributed by atoms with E-state index >= 15 is 0 Å². The molecule has 14 heteroatoms. The Labute approximate surface area is 183 Å². The summed E-state index contributed by atoms with van der Waals surface area (Å²) in [5, 5.41) is 29.7. The minimum Gasteiger partial charge on any atom is -0.378 e. The average Bonchev–Trinajstić information content (AvgIpc) is 3.40. The fourth-order valence-electron chi connectivity index (χ4n) is 2.88. The zero-order chi connectivity index (χ0) is 23.4. The first-order chi connectivity index (χ1) is 15.9. The fraction of sp³-hybridized carbons (Fsp3) is 0.0526. The number of nitro groups is 1.